The first-order valence-corrected chi connectivity index (χ1v) is 3.07. The third-order valence-electron chi connectivity index (χ3n) is 0.824. The smallest absolute Gasteiger partial charge is 0.315 e. The molecule has 0 saturated carbocycles. The first-order chi connectivity index (χ1) is 5.16. The van der Waals surface area contributed by atoms with Gasteiger partial charge in [0.1, 0.15) is 0 Å². The maximum absolute atomic E-state index is 11.5. The van der Waals surface area contributed by atoms with E-state index in [9.17, 15) is 13.6 Å². The second kappa shape index (κ2) is 8.26. The summed E-state index contributed by atoms with van der Waals surface area (Å²) in [5, 5.41) is 4.26. The minimum atomic E-state index is -2.51. The fourth-order valence-electron chi connectivity index (χ4n) is 0.397. The summed E-state index contributed by atoms with van der Waals surface area (Å²) in [6.07, 6.45) is -1.05. The van der Waals surface area contributed by atoms with Gasteiger partial charge in [0.25, 0.3) is 6.43 Å². The Morgan fingerprint density at radius 2 is 2.08 bits per heavy atom. The van der Waals surface area contributed by atoms with Gasteiger partial charge < -0.3 is 10.6 Å². The monoisotopic (exact) mass is 200 g/mol. The van der Waals surface area contributed by atoms with E-state index in [1.807, 2.05) is 5.32 Å². The van der Waals surface area contributed by atoms with Crippen LogP contribution in [0.25, 0.3) is 0 Å². The standard InChI is InChI=1S/C6H10F2N2O.ClH/c1-2-3-9-6(11)10-4-5(7)8;/h2,5H,1,3-4H2,(H2,9,10,11);1H. The van der Waals surface area contributed by atoms with Crippen molar-refractivity contribution in [2.24, 2.45) is 0 Å². The van der Waals surface area contributed by atoms with Crippen molar-refractivity contribution in [3.8, 4) is 0 Å². The van der Waals surface area contributed by atoms with Gasteiger partial charge in [-0.1, -0.05) is 6.08 Å². The molecule has 12 heavy (non-hydrogen) atoms. The molecule has 0 bridgehead atoms. The average Bonchev–Trinajstić information content (AvgIpc) is 1.97. The van der Waals surface area contributed by atoms with Crippen LogP contribution in [0.2, 0.25) is 0 Å². The zero-order valence-electron chi connectivity index (χ0n) is 6.35. The molecular weight excluding hydrogens is 190 g/mol. The zero-order chi connectivity index (χ0) is 8.69. The minimum absolute atomic E-state index is 0. The van der Waals surface area contributed by atoms with Gasteiger partial charge >= 0.3 is 6.03 Å². The molecule has 2 N–H and O–H groups in total. The lowest BCUT2D eigenvalue weighted by molar-refractivity contribution is 0.146. The van der Waals surface area contributed by atoms with Gasteiger partial charge in [-0.05, 0) is 0 Å². The van der Waals surface area contributed by atoms with Crippen LogP contribution in [0.15, 0.2) is 12.7 Å². The molecule has 0 saturated heterocycles. The molecule has 0 heterocycles. The molecule has 0 rings (SSSR count). The van der Waals surface area contributed by atoms with E-state index in [0.29, 0.717) is 0 Å². The predicted octanol–water partition coefficient (Wildman–Crippen LogP) is 1.16. The summed E-state index contributed by atoms with van der Waals surface area (Å²) >= 11 is 0. The van der Waals surface area contributed by atoms with Crippen molar-refractivity contribution >= 4 is 18.4 Å². The Morgan fingerprint density at radius 3 is 2.50 bits per heavy atom. The van der Waals surface area contributed by atoms with Crippen LogP contribution in [0.1, 0.15) is 0 Å². The lowest BCUT2D eigenvalue weighted by atomic mass is 10.6. The molecule has 0 aromatic rings. The number of carbonyl (C=O) groups is 1. The molecule has 72 valence electrons. The topological polar surface area (TPSA) is 41.1 Å². The van der Waals surface area contributed by atoms with Gasteiger partial charge in [0.15, 0.2) is 0 Å². The van der Waals surface area contributed by atoms with Crippen LogP contribution in [0.3, 0.4) is 0 Å². The van der Waals surface area contributed by atoms with E-state index in [1.54, 1.807) is 0 Å². The maximum Gasteiger partial charge on any atom is 0.315 e. The fourth-order valence-corrected chi connectivity index (χ4v) is 0.397. The van der Waals surface area contributed by atoms with Gasteiger partial charge in [-0.25, -0.2) is 13.6 Å². The van der Waals surface area contributed by atoms with Crippen molar-refractivity contribution in [2.45, 2.75) is 6.43 Å². The number of rotatable bonds is 4. The van der Waals surface area contributed by atoms with Crippen LogP contribution < -0.4 is 10.6 Å². The molecule has 6 heteroatoms. The molecule has 2 amide bonds. The molecule has 0 atom stereocenters. The van der Waals surface area contributed by atoms with E-state index >= 15 is 0 Å². The van der Waals surface area contributed by atoms with Crippen molar-refractivity contribution in [1.82, 2.24) is 10.6 Å². The molecule has 0 spiro atoms. The maximum atomic E-state index is 11.5. The highest BCUT2D eigenvalue weighted by Gasteiger charge is 2.03. The Hall–Kier alpha value is -0.840. The summed E-state index contributed by atoms with van der Waals surface area (Å²) in [4.78, 5) is 10.5. The molecule has 0 aromatic heterocycles. The molecule has 0 aromatic carbocycles. The first-order valence-electron chi connectivity index (χ1n) is 3.07. The molecule has 0 radical (unpaired) electrons. The molecular formula is C6H11ClF2N2O. The van der Waals surface area contributed by atoms with Gasteiger partial charge in [0.05, 0.1) is 6.54 Å². The summed E-state index contributed by atoms with van der Waals surface area (Å²) in [7, 11) is 0. The van der Waals surface area contributed by atoms with Gasteiger partial charge in [-0.2, -0.15) is 0 Å². The van der Waals surface area contributed by atoms with Gasteiger partial charge in [-0.3, -0.25) is 0 Å². The number of nitrogens with one attached hydrogen (secondary N) is 2. The van der Waals surface area contributed by atoms with Crippen LogP contribution in [-0.4, -0.2) is 25.5 Å². The third-order valence-corrected chi connectivity index (χ3v) is 0.824. The highest BCUT2D eigenvalue weighted by molar-refractivity contribution is 5.85. The predicted molar refractivity (Wildman–Crippen MR) is 44.9 cm³/mol. The van der Waals surface area contributed by atoms with Crippen molar-refractivity contribution in [3.05, 3.63) is 12.7 Å². The summed E-state index contributed by atoms with van der Waals surface area (Å²) in [6.45, 7) is 2.99. The van der Waals surface area contributed by atoms with E-state index in [0.717, 1.165) is 0 Å². The van der Waals surface area contributed by atoms with E-state index in [-0.39, 0.29) is 19.0 Å². The normalized spacial score (nSPS) is 8.58. The van der Waals surface area contributed by atoms with E-state index < -0.39 is 19.0 Å². The molecule has 0 aliphatic heterocycles. The summed E-state index contributed by atoms with van der Waals surface area (Å²) in [5.41, 5.74) is 0. The second-order valence-corrected chi connectivity index (χ2v) is 1.77. The van der Waals surface area contributed by atoms with Crippen molar-refractivity contribution in [1.29, 1.82) is 0 Å². The van der Waals surface area contributed by atoms with Crippen LogP contribution in [0.4, 0.5) is 13.6 Å². The van der Waals surface area contributed by atoms with Crippen molar-refractivity contribution < 1.29 is 13.6 Å². The molecule has 0 unspecified atom stereocenters. The largest absolute Gasteiger partial charge is 0.335 e. The lowest BCUT2D eigenvalue weighted by Crippen LogP contribution is -2.37. The highest BCUT2D eigenvalue weighted by Crippen LogP contribution is 1.86. The molecule has 3 nitrogen and oxygen atoms in total. The Kier molecular flexibility index (Phi) is 9.45. The molecule has 0 aliphatic carbocycles. The van der Waals surface area contributed by atoms with Crippen molar-refractivity contribution in [2.75, 3.05) is 13.1 Å². The van der Waals surface area contributed by atoms with E-state index in [1.165, 1.54) is 6.08 Å². The Labute approximate surface area is 75.6 Å². The van der Waals surface area contributed by atoms with E-state index in [2.05, 4.69) is 11.9 Å². The van der Waals surface area contributed by atoms with Crippen LogP contribution in [-0.2, 0) is 0 Å². The Bertz CT molecular complexity index is 144. The highest BCUT2D eigenvalue weighted by atomic mass is 35.5. The minimum Gasteiger partial charge on any atom is -0.335 e. The first kappa shape index (κ1) is 13.7. The van der Waals surface area contributed by atoms with Gasteiger partial charge in [0, 0.05) is 6.54 Å². The summed E-state index contributed by atoms with van der Waals surface area (Å²) in [6, 6.07) is -0.606. The fraction of sp³-hybridized carbons (Fsp3) is 0.500. The Balaban J connectivity index is 0. The van der Waals surface area contributed by atoms with Crippen LogP contribution in [0, 0.1) is 0 Å². The summed E-state index contributed by atoms with van der Waals surface area (Å²) in [5.74, 6) is 0. The summed E-state index contributed by atoms with van der Waals surface area (Å²) < 4.78 is 22.9. The number of halogens is 3. The lowest BCUT2D eigenvalue weighted by Gasteiger charge is -2.03. The zero-order valence-corrected chi connectivity index (χ0v) is 7.16. The Morgan fingerprint density at radius 1 is 1.50 bits per heavy atom. The number of carbonyl (C=O) groups excluding carboxylic acids is 1. The van der Waals surface area contributed by atoms with Crippen molar-refractivity contribution in [3.63, 3.8) is 0 Å². The van der Waals surface area contributed by atoms with Gasteiger partial charge in [-0.15, -0.1) is 19.0 Å². The number of hydrogen-bond acceptors (Lipinski definition) is 1. The molecule has 0 fully saturated rings. The van der Waals surface area contributed by atoms with Crippen LogP contribution in [0.5, 0.6) is 0 Å². The number of alkyl halides is 2. The molecule has 0 aliphatic rings. The van der Waals surface area contributed by atoms with Gasteiger partial charge in [0.2, 0.25) is 0 Å². The number of urea groups is 1. The van der Waals surface area contributed by atoms with E-state index in [4.69, 9.17) is 0 Å². The average molecular weight is 201 g/mol. The second-order valence-electron chi connectivity index (χ2n) is 1.77. The number of amides is 2. The quantitative estimate of drug-likeness (QED) is 0.657. The third kappa shape index (κ3) is 9.16. The van der Waals surface area contributed by atoms with Crippen LogP contribution >= 0.6 is 12.4 Å². The SMILES string of the molecule is C=CCNC(=O)NCC(F)F.Cl. The number of hydrogen-bond donors (Lipinski definition) is 2.